The summed E-state index contributed by atoms with van der Waals surface area (Å²) in [7, 11) is 0. The second-order valence-corrected chi connectivity index (χ2v) is 6.51. The molecule has 142 valence electrons. The van der Waals surface area contributed by atoms with E-state index in [2.05, 4.69) is 10.6 Å². The number of hydrogen-bond acceptors (Lipinski definition) is 2. The SMILES string of the molecule is Cc1cccc(NC(=O)c2ccccc2NC(=O)CCc2ccccc2F)c1. The van der Waals surface area contributed by atoms with Crippen LogP contribution in [0, 0.1) is 12.7 Å². The largest absolute Gasteiger partial charge is 0.325 e. The number of nitrogens with one attached hydrogen (secondary N) is 2. The molecular weight excluding hydrogens is 355 g/mol. The van der Waals surface area contributed by atoms with E-state index >= 15 is 0 Å². The molecular formula is C23H21FN2O2. The second kappa shape index (κ2) is 8.95. The minimum Gasteiger partial charge on any atom is -0.325 e. The van der Waals surface area contributed by atoms with Gasteiger partial charge < -0.3 is 10.6 Å². The Kier molecular flexibility index (Phi) is 6.17. The summed E-state index contributed by atoms with van der Waals surface area (Å²) in [4.78, 5) is 24.9. The van der Waals surface area contributed by atoms with Crippen molar-refractivity contribution in [2.24, 2.45) is 0 Å². The topological polar surface area (TPSA) is 58.2 Å². The first kappa shape index (κ1) is 19.3. The fraction of sp³-hybridized carbons (Fsp3) is 0.130. The molecule has 0 aliphatic heterocycles. The maximum atomic E-state index is 13.7. The Morgan fingerprint density at radius 2 is 1.64 bits per heavy atom. The predicted octanol–water partition coefficient (Wildman–Crippen LogP) is 4.96. The molecule has 5 heteroatoms. The Balaban J connectivity index is 1.67. The number of halogens is 1. The lowest BCUT2D eigenvalue weighted by molar-refractivity contribution is -0.116. The Bertz CT molecular complexity index is 1000. The number of rotatable bonds is 6. The highest BCUT2D eigenvalue weighted by molar-refractivity contribution is 6.10. The van der Waals surface area contributed by atoms with Crippen molar-refractivity contribution in [2.45, 2.75) is 19.8 Å². The Hall–Kier alpha value is -3.47. The molecule has 4 nitrogen and oxygen atoms in total. The van der Waals surface area contributed by atoms with Gasteiger partial charge in [-0.05, 0) is 54.8 Å². The van der Waals surface area contributed by atoms with E-state index in [1.54, 1.807) is 48.5 Å². The van der Waals surface area contributed by atoms with E-state index in [9.17, 15) is 14.0 Å². The molecule has 3 aromatic carbocycles. The van der Waals surface area contributed by atoms with Gasteiger partial charge in [-0.25, -0.2) is 4.39 Å². The van der Waals surface area contributed by atoms with E-state index in [-0.39, 0.29) is 30.5 Å². The van der Waals surface area contributed by atoms with Crippen LogP contribution in [0.3, 0.4) is 0 Å². The van der Waals surface area contributed by atoms with Gasteiger partial charge in [0, 0.05) is 12.1 Å². The van der Waals surface area contributed by atoms with Crippen LogP contribution < -0.4 is 10.6 Å². The number of carbonyl (C=O) groups excluding carboxylic acids is 2. The van der Waals surface area contributed by atoms with Gasteiger partial charge in [0.2, 0.25) is 5.91 Å². The number of hydrogen-bond donors (Lipinski definition) is 2. The minimum atomic E-state index is -0.326. The summed E-state index contributed by atoms with van der Waals surface area (Å²) >= 11 is 0. The molecule has 0 aromatic heterocycles. The zero-order valence-electron chi connectivity index (χ0n) is 15.5. The van der Waals surface area contributed by atoms with Crippen molar-refractivity contribution in [1.82, 2.24) is 0 Å². The Labute approximate surface area is 163 Å². The summed E-state index contributed by atoms with van der Waals surface area (Å²) in [5, 5.41) is 5.59. The van der Waals surface area contributed by atoms with E-state index in [0.29, 0.717) is 22.5 Å². The molecule has 2 N–H and O–H groups in total. The van der Waals surface area contributed by atoms with Crippen molar-refractivity contribution in [2.75, 3.05) is 10.6 Å². The highest BCUT2D eigenvalue weighted by Gasteiger charge is 2.14. The third kappa shape index (κ3) is 5.04. The molecule has 0 atom stereocenters. The molecule has 0 radical (unpaired) electrons. The number of anilines is 2. The Morgan fingerprint density at radius 1 is 0.893 bits per heavy atom. The molecule has 0 saturated heterocycles. The summed E-state index contributed by atoms with van der Waals surface area (Å²) in [5.41, 5.74) is 3.00. The van der Waals surface area contributed by atoms with Crippen LogP contribution in [-0.4, -0.2) is 11.8 Å². The average Bonchev–Trinajstić information content (AvgIpc) is 2.68. The summed E-state index contributed by atoms with van der Waals surface area (Å²) in [6.45, 7) is 1.94. The van der Waals surface area contributed by atoms with Gasteiger partial charge >= 0.3 is 0 Å². The zero-order valence-corrected chi connectivity index (χ0v) is 15.5. The van der Waals surface area contributed by atoms with Crippen molar-refractivity contribution in [3.05, 3.63) is 95.3 Å². The van der Waals surface area contributed by atoms with Gasteiger partial charge in [-0.15, -0.1) is 0 Å². The van der Waals surface area contributed by atoms with Crippen LogP contribution in [0.5, 0.6) is 0 Å². The predicted molar refractivity (Wildman–Crippen MR) is 109 cm³/mol. The van der Waals surface area contributed by atoms with E-state index in [1.807, 2.05) is 25.1 Å². The lowest BCUT2D eigenvalue weighted by atomic mass is 10.1. The van der Waals surface area contributed by atoms with E-state index in [1.165, 1.54) is 6.07 Å². The van der Waals surface area contributed by atoms with Gasteiger partial charge in [0.1, 0.15) is 5.82 Å². The van der Waals surface area contributed by atoms with E-state index in [0.717, 1.165) is 5.56 Å². The number of amides is 2. The molecule has 0 spiro atoms. The van der Waals surface area contributed by atoms with Crippen molar-refractivity contribution < 1.29 is 14.0 Å². The molecule has 3 aromatic rings. The smallest absolute Gasteiger partial charge is 0.257 e. The molecule has 3 rings (SSSR count). The molecule has 0 heterocycles. The molecule has 0 aliphatic rings. The monoisotopic (exact) mass is 376 g/mol. The third-order valence-electron chi connectivity index (χ3n) is 4.30. The summed E-state index contributed by atoms with van der Waals surface area (Å²) in [6, 6.07) is 20.7. The molecule has 0 unspecified atom stereocenters. The summed E-state index contributed by atoms with van der Waals surface area (Å²) < 4.78 is 13.7. The van der Waals surface area contributed by atoms with E-state index < -0.39 is 0 Å². The average molecular weight is 376 g/mol. The van der Waals surface area contributed by atoms with Crippen LogP contribution in [0.2, 0.25) is 0 Å². The van der Waals surface area contributed by atoms with Gasteiger partial charge in [0.25, 0.3) is 5.91 Å². The maximum Gasteiger partial charge on any atom is 0.257 e. The molecule has 0 aliphatic carbocycles. The number of aryl methyl sites for hydroxylation is 2. The zero-order chi connectivity index (χ0) is 19.9. The quantitative estimate of drug-likeness (QED) is 0.639. The fourth-order valence-corrected chi connectivity index (χ4v) is 2.87. The molecule has 2 amide bonds. The standard InChI is InChI=1S/C23H21FN2O2/c1-16-7-6-9-18(15-16)25-23(28)19-10-3-5-12-21(19)26-22(27)14-13-17-8-2-4-11-20(17)24/h2-12,15H,13-14H2,1H3,(H,25,28)(H,26,27). The normalized spacial score (nSPS) is 10.4. The van der Waals surface area contributed by atoms with Crippen LogP contribution in [0.1, 0.15) is 27.9 Å². The second-order valence-electron chi connectivity index (χ2n) is 6.51. The van der Waals surface area contributed by atoms with Crippen LogP contribution in [-0.2, 0) is 11.2 Å². The fourth-order valence-electron chi connectivity index (χ4n) is 2.87. The minimum absolute atomic E-state index is 0.120. The van der Waals surface area contributed by atoms with Crippen LogP contribution >= 0.6 is 0 Å². The van der Waals surface area contributed by atoms with Crippen molar-refractivity contribution >= 4 is 23.2 Å². The van der Waals surface area contributed by atoms with Crippen molar-refractivity contribution in [3.8, 4) is 0 Å². The van der Waals surface area contributed by atoms with Crippen LogP contribution in [0.15, 0.2) is 72.8 Å². The maximum absolute atomic E-state index is 13.7. The molecule has 0 bridgehead atoms. The van der Waals surface area contributed by atoms with Gasteiger partial charge in [-0.1, -0.05) is 42.5 Å². The third-order valence-corrected chi connectivity index (χ3v) is 4.30. The Morgan fingerprint density at radius 3 is 2.43 bits per heavy atom. The first-order valence-corrected chi connectivity index (χ1v) is 9.03. The highest BCUT2D eigenvalue weighted by atomic mass is 19.1. The van der Waals surface area contributed by atoms with Gasteiger partial charge in [0.05, 0.1) is 11.3 Å². The number of benzene rings is 3. The van der Waals surface area contributed by atoms with Gasteiger partial charge in [-0.2, -0.15) is 0 Å². The molecule has 0 saturated carbocycles. The van der Waals surface area contributed by atoms with Gasteiger partial charge in [0.15, 0.2) is 0 Å². The summed E-state index contributed by atoms with van der Waals surface area (Å²) in [6.07, 6.45) is 0.408. The summed E-state index contributed by atoms with van der Waals surface area (Å²) in [5.74, 6) is -0.914. The highest BCUT2D eigenvalue weighted by Crippen LogP contribution is 2.19. The van der Waals surface area contributed by atoms with Crippen molar-refractivity contribution in [1.29, 1.82) is 0 Å². The number of carbonyl (C=O) groups is 2. The van der Waals surface area contributed by atoms with Crippen LogP contribution in [0.4, 0.5) is 15.8 Å². The van der Waals surface area contributed by atoms with Gasteiger partial charge in [-0.3, -0.25) is 9.59 Å². The first-order chi connectivity index (χ1) is 13.5. The van der Waals surface area contributed by atoms with E-state index in [4.69, 9.17) is 0 Å². The van der Waals surface area contributed by atoms with Crippen LogP contribution in [0.25, 0.3) is 0 Å². The first-order valence-electron chi connectivity index (χ1n) is 9.03. The molecule has 28 heavy (non-hydrogen) atoms. The molecule has 0 fully saturated rings. The lowest BCUT2D eigenvalue weighted by Gasteiger charge is -2.12. The van der Waals surface area contributed by atoms with Crippen molar-refractivity contribution in [3.63, 3.8) is 0 Å². The number of para-hydroxylation sites is 1. The lowest BCUT2D eigenvalue weighted by Crippen LogP contribution is -2.18.